The van der Waals surface area contributed by atoms with Crippen LogP contribution in [0.1, 0.15) is 57.5 Å². The van der Waals surface area contributed by atoms with E-state index in [0.717, 1.165) is 17.0 Å². The Balaban J connectivity index is 0.000000569. The zero-order valence-electron chi connectivity index (χ0n) is 21.0. The Labute approximate surface area is 195 Å². The molecular formula is C24H36FN5O3. The summed E-state index contributed by atoms with van der Waals surface area (Å²) < 4.78 is 31.8. The van der Waals surface area contributed by atoms with Crippen molar-refractivity contribution >= 4 is 17.0 Å². The molecule has 0 fully saturated rings. The van der Waals surface area contributed by atoms with Gasteiger partial charge in [-0.2, -0.15) is 14.4 Å². The van der Waals surface area contributed by atoms with E-state index in [9.17, 15) is 4.39 Å². The lowest BCUT2D eigenvalue weighted by atomic mass is 10.0. The van der Waals surface area contributed by atoms with Gasteiger partial charge in [0.2, 0.25) is 5.75 Å². The molecule has 0 saturated carbocycles. The van der Waals surface area contributed by atoms with Crippen molar-refractivity contribution in [1.29, 1.82) is 0 Å². The molecule has 0 radical (unpaired) electrons. The van der Waals surface area contributed by atoms with E-state index in [1.807, 2.05) is 24.5 Å². The normalized spacial score (nSPS) is 10.8. The predicted molar refractivity (Wildman–Crippen MR) is 129 cm³/mol. The quantitative estimate of drug-likeness (QED) is 0.475. The smallest absolute Gasteiger partial charge is 0.312 e. The van der Waals surface area contributed by atoms with Gasteiger partial charge in [-0.25, -0.2) is 4.98 Å². The number of imidazole rings is 1. The molecule has 1 aromatic carbocycles. The molecule has 3 aromatic rings. The number of ether oxygens (including phenoxy) is 3. The van der Waals surface area contributed by atoms with Crippen molar-refractivity contribution in [3.63, 3.8) is 0 Å². The summed E-state index contributed by atoms with van der Waals surface area (Å²) in [5.74, 6) is 3.29. The SMILES string of the molecule is CCCC(C)C.CCn1c(Cc2cc(OC)c(OC)c(OC)c2C)nc2c(N)nc(F)nc21. The lowest BCUT2D eigenvalue weighted by Gasteiger charge is -2.17. The molecule has 0 unspecified atom stereocenters. The number of benzene rings is 1. The van der Waals surface area contributed by atoms with E-state index in [-0.39, 0.29) is 5.82 Å². The van der Waals surface area contributed by atoms with E-state index in [1.165, 1.54) is 12.8 Å². The van der Waals surface area contributed by atoms with Crippen LogP contribution in [0.5, 0.6) is 17.2 Å². The highest BCUT2D eigenvalue weighted by Gasteiger charge is 2.21. The van der Waals surface area contributed by atoms with Crippen LogP contribution in [-0.4, -0.2) is 40.8 Å². The third-order valence-electron chi connectivity index (χ3n) is 5.39. The maximum Gasteiger partial charge on any atom is 0.312 e. The largest absolute Gasteiger partial charge is 0.493 e. The number of hydrogen-bond acceptors (Lipinski definition) is 7. The number of hydrogen-bond donors (Lipinski definition) is 1. The third kappa shape index (κ3) is 5.83. The van der Waals surface area contributed by atoms with Crippen molar-refractivity contribution in [2.24, 2.45) is 5.92 Å². The lowest BCUT2D eigenvalue weighted by molar-refractivity contribution is 0.322. The zero-order chi connectivity index (χ0) is 24.7. The van der Waals surface area contributed by atoms with Gasteiger partial charge in [-0.1, -0.05) is 33.6 Å². The second-order valence-corrected chi connectivity index (χ2v) is 8.11. The van der Waals surface area contributed by atoms with E-state index in [2.05, 4.69) is 35.7 Å². The van der Waals surface area contributed by atoms with Crippen molar-refractivity contribution in [2.45, 2.75) is 60.4 Å². The predicted octanol–water partition coefficient (Wildman–Crippen LogP) is 4.94. The highest BCUT2D eigenvalue weighted by molar-refractivity contribution is 5.82. The van der Waals surface area contributed by atoms with Gasteiger partial charge in [0.25, 0.3) is 0 Å². The first-order valence-corrected chi connectivity index (χ1v) is 11.2. The summed E-state index contributed by atoms with van der Waals surface area (Å²) >= 11 is 0. The molecule has 0 saturated heterocycles. The first-order chi connectivity index (χ1) is 15.7. The molecule has 3 rings (SSSR count). The van der Waals surface area contributed by atoms with Gasteiger partial charge in [-0.15, -0.1) is 0 Å². The van der Waals surface area contributed by atoms with Crippen molar-refractivity contribution in [3.05, 3.63) is 29.1 Å². The number of fused-ring (bicyclic) bond motifs is 1. The molecule has 0 spiro atoms. The minimum atomic E-state index is -0.870. The Morgan fingerprint density at radius 1 is 1.03 bits per heavy atom. The fourth-order valence-corrected chi connectivity index (χ4v) is 3.79. The number of rotatable bonds is 8. The number of anilines is 1. The molecule has 2 heterocycles. The standard InChI is InChI=1S/C18H22FN5O3.C6H14/c1-6-24-12(21-13-16(20)22-18(19)23-17(13)24)8-10-7-11(25-3)15(27-5)14(26-4)9(10)2;1-4-5-6(2)3/h7H,6,8H2,1-5H3,(H2,20,22,23);6H,4-5H2,1-3H3. The number of aryl methyl sites for hydroxylation is 1. The van der Waals surface area contributed by atoms with E-state index < -0.39 is 6.08 Å². The number of nitrogen functional groups attached to an aromatic ring is 1. The summed E-state index contributed by atoms with van der Waals surface area (Å²) in [5.41, 5.74) is 8.42. The van der Waals surface area contributed by atoms with Gasteiger partial charge < -0.3 is 24.5 Å². The Bertz CT molecular complexity index is 1080. The van der Waals surface area contributed by atoms with Crippen molar-refractivity contribution in [2.75, 3.05) is 27.1 Å². The maximum atomic E-state index is 13.6. The Hall–Kier alpha value is -3.10. The maximum absolute atomic E-state index is 13.6. The zero-order valence-corrected chi connectivity index (χ0v) is 21.0. The Morgan fingerprint density at radius 2 is 1.70 bits per heavy atom. The van der Waals surface area contributed by atoms with E-state index in [0.29, 0.717) is 47.2 Å². The number of methoxy groups -OCH3 is 3. The molecule has 0 aliphatic rings. The summed E-state index contributed by atoms with van der Waals surface area (Å²) in [6.45, 7) is 11.2. The van der Waals surface area contributed by atoms with Crippen molar-refractivity contribution < 1.29 is 18.6 Å². The second kappa shape index (κ2) is 11.7. The van der Waals surface area contributed by atoms with Crippen LogP contribution >= 0.6 is 0 Å². The first kappa shape index (κ1) is 26.2. The van der Waals surface area contributed by atoms with Gasteiger partial charge in [-0.3, -0.25) is 0 Å². The number of halogens is 1. The van der Waals surface area contributed by atoms with E-state index in [4.69, 9.17) is 19.9 Å². The van der Waals surface area contributed by atoms with E-state index in [1.54, 1.807) is 21.3 Å². The molecule has 2 aromatic heterocycles. The molecule has 0 atom stereocenters. The monoisotopic (exact) mass is 461 g/mol. The van der Waals surface area contributed by atoms with E-state index >= 15 is 0 Å². The van der Waals surface area contributed by atoms with Gasteiger partial charge in [0, 0.05) is 13.0 Å². The molecule has 9 heteroatoms. The van der Waals surface area contributed by atoms with Crippen LogP contribution in [0.25, 0.3) is 11.2 Å². The number of nitrogens with two attached hydrogens (primary N) is 1. The summed E-state index contributed by atoms with van der Waals surface area (Å²) in [4.78, 5) is 12.0. The third-order valence-corrected chi connectivity index (χ3v) is 5.39. The van der Waals surface area contributed by atoms with Crippen LogP contribution in [0.4, 0.5) is 10.2 Å². The molecule has 0 aliphatic carbocycles. The molecule has 0 bridgehead atoms. The molecule has 8 nitrogen and oxygen atoms in total. The molecule has 2 N–H and O–H groups in total. The molecule has 182 valence electrons. The van der Waals surface area contributed by atoms with Crippen LogP contribution in [0.3, 0.4) is 0 Å². The highest BCUT2D eigenvalue weighted by Crippen LogP contribution is 2.42. The first-order valence-electron chi connectivity index (χ1n) is 11.2. The average Bonchev–Trinajstić information content (AvgIpc) is 3.12. The summed E-state index contributed by atoms with van der Waals surface area (Å²) in [6, 6.07) is 1.88. The number of aromatic nitrogens is 4. The van der Waals surface area contributed by atoms with Gasteiger partial charge in [0.1, 0.15) is 5.82 Å². The molecular weight excluding hydrogens is 425 g/mol. The summed E-state index contributed by atoms with van der Waals surface area (Å²) in [7, 11) is 4.71. The van der Waals surface area contributed by atoms with Gasteiger partial charge in [-0.05, 0) is 37.0 Å². The summed E-state index contributed by atoms with van der Waals surface area (Å²) in [6.07, 6.45) is 2.29. The topological polar surface area (TPSA) is 97.3 Å². The van der Waals surface area contributed by atoms with Crippen molar-refractivity contribution in [3.8, 4) is 17.2 Å². The lowest BCUT2D eigenvalue weighted by Crippen LogP contribution is -2.07. The minimum absolute atomic E-state index is 0.0209. The second-order valence-electron chi connectivity index (χ2n) is 8.11. The average molecular weight is 462 g/mol. The van der Waals surface area contributed by atoms with Gasteiger partial charge in [0.15, 0.2) is 28.5 Å². The van der Waals surface area contributed by atoms with Gasteiger partial charge in [0.05, 0.1) is 21.3 Å². The van der Waals surface area contributed by atoms with Crippen LogP contribution in [0.15, 0.2) is 6.07 Å². The fraction of sp³-hybridized carbons (Fsp3) is 0.542. The minimum Gasteiger partial charge on any atom is -0.493 e. The van der Waals surface area contributed by atoms with Crippen LogP contribution < -0.4 is 19.9 Å². The number of nitrogens with zero attached hydrogens (tertiary/aromatic N) is 4. The molecule has 33 heavy (non-hydrogen) atoms. The Kier molecular flexibility index (Phi) is 9.25. The highest BCUT2D eigenvalue weighted by atomic mass is 19.1. The molecule has 0 aliphatic heterocycles. The van der Waals surface area contributed by atoms with Crippen LogP contribution in [0, 0.1) is 18.9 Å². The molecule has 0 amide bonds. The summed E-state index contributed by atoms with van der Waals surface area (Å²) in [5, 5.41) is 0. The van der Waals surface area contributed by atoms with Crippen LogP contribution in [-0.2, 0) is 13.0 Å². The van der Waals surface area contributed by atoms with Gasteiger partial charge >= 0.3 is 6.08 Å². The fourth-order valence-electron chi connectivity index (χ4n) is 3.79. The Morgan fingerprint density at radius 3 is 2.18 bits per heavy atom. The van der Waals surface area contributed by atoms with Crippen LogP contribution in [0.2, 0.25) is 0 Å². The van der Waals surface area contributed by atoms with Crippen molar-refractivity contribution in [1.82, 2.24) is 19.5 Å².